The lowest BCUT2D eigenvalue weighted by Crippen LogP contribution is -2.56. The van der Waals surface area contributed by atoms with Crippen molar-refractivity contribution in [2.24, 2.45) is 5.92 Å². The van der Waals surface area contributed by atoms with Crippen LogP contribution in [0, 0.1) is 5.92 Å². The Balaban J connectivity index is 1.64. The van der Waals surface area contributed by atoms with Gasteiger partial charge in [0, 0.05) is 62.3 Å². The molecule has 0 saturated carbocycles. The molecule has 0 aromatic carbocycles. The maximum atomic E-state index is 4.71. The lowest BCUT2D eigenvalue weighted by molar-refractivity contribution is 0.176. The molecule has 1 aromatic rings. The van der Waals surface area contributed by atoms with Crippen molar-refractivity contribution in [2.45, 2.75) is 65.2 Å². The molecule has 2 aliphatic rings. The summed E-state index contributed by atoms with van der Waals surface area (Å²) in [5.41, 5.74) is 1.20. The van der Waals surface area contributed by atoms with Gasteiger partial charge >= 0.3 is 0 Å². The van der Waals surface area contributed by atoms with Crippen molar-refractivity contribution in [3.05, 3.63) is 18.0 Å². The topological polar surface area (TPSA) is 35.5 Å². The fourth-order valence-electron chi connectivity index (χ4n) is 4.25. The molecule has 2 fully saturated rings. The summed E-state index contributed by atoms with van der Waals surface area (Å²) >= 11 is 0. The third kappa shape index (κ3) is 3.89. The van der Waals surface area contributed by atoms with E-state index in [1.165, 1.54) is 18.4 Å². The molecule has 3 heterocycles. The van der Waals surface area contributed by atoms with Crippen molar-refractivity contribution in [1.82, 2.24) is 19.8 Å². The molecule has 0 aliphatic carbocycles. The van der Waals surface area contributed by atoms with Crippen LogP contribution in [0.25, 0.3) is 0 Å². The quantitative estimate of drug-likeness (QED) is 0.801. The van der Waals surface area contributed by atoms with Crippen LogP contribution in [0.3, 0.4) is 0 Å². The van der Waals surface area contributed by atoms with Gasteiger partial charge < -0.3 is 9.80 Å². The van der Waals surface area contributed by atoms with Crippen LogP contribution >= 0.6 is 0 Å². The van der Waals surface area contributed by atoms with Gasteiger partial charge in [0.2, 0.25) is 5.95 Å². The van der Waals surface area contributed by atoms with Crippen LogP contribution in [0.2, 0.25) is 0 Å². The third-order valence-corrected chi connectivity index (χ3v) is 5.29. The molecule has 2 bridgehead atoms. The number of fused-ring (bicyclic) bond motifs is 2. The van der Waals surface area contributed by atoms with E-state index in [9.17, 15) is 0 Å². The van der Waals surface area contributed by atoms with Gasteiger partial charge in [-0.05, 0) is 39.7 Å². The Kier molecular flexibility index (Phi) is 5.40. The molecule has 2 aliphatic heterocycles. The van der Waals surface area contributed by atoms with Crippen molar-refractivity contribution in [1.29, 1.82) is 0 Å². The molecule has 5 heteroatoms. The van der Waals surface area contributed by atoms with Crippen molar-refractivity contribution < 1.29 is 0 Å². The highest BCUT2D eigenvalue weighted by Crippen LogP contribution is 2.33. The highest BCUT2D eigenvalue weighted by molar-refractivity contribution is 5.37. The normalized spacial score (nSPS) is 24.6. The monoisotopic (exact) mass is 331 g/mol. The van der Waals surface area contributed by atoms with E-state index in [-0.39, 0.29) is 0 Å². The summed E-state index contributed by atoms with van der Waals surface area (Å²) in [5, 5.41) is 0. The molecule has 134 valence electrons. The Morgan fingerprint density at radius 2 is 1.67 bits per heavy atom. The molecule has 0 radical (unpaired) electrons. The molecule has 5 nitrogen and oxygen atoms in total. The highest BCUT2D eigenvalue weighted by Gasteiger charge is 2.41. The summed E-state index contributed by atoms with van der Waals surface area (Å²) in [6.45, 7) is 13.4. The second kappa shape index (κ2) is 7.36. The van der Waals surface area contributed by atoms with Gasteiger partial charge in [0.15, 0.2) is 0 Å². The number of aromatic nitrogens is 2. The van der Waals surface area contributed by atoms with Gasteiger partial charge in [0.1, 0.15) is 0 Å². The van der Waals surface area contributed by atoms with Crippen LogP contribution in [0.1, 0.15) is 46.1 Å². The van der Waals surface area contributed by atoms with E-state index >= 15 is 0 Å². The summed E-state index contributed by atoms with van der Waals surface area (Å²) in [6.07, 6.45) is 6.59. The molecule has 24 heavy (non-hydrogen) atoms. The molecule has 2 atom stereocenters. The molecular weight excluding hydrogens is 298 g/mol. The van der Waals surface area contributed by atoms with Crippen LogP contribution in [-0.4, -0.2) is 64.6 Å². The third-order valence-electron chi connectivity index (χ3n) is 5.29. The maximum Gasteiger partial charge on any atom is 0.225 e. The van der Waals surface area contributed by atoms with E-state index in [2.05, 4.69) is 49.4 Å². The number of piperazine rings is 1. The first kappa shape index (κ1) is 17.6. The fourth-order valence-corrected chi connectivity index (χ4v) is 4.25. The fraction of sp³-hybridized carbons (Fsp3) is 0.789. The molecule has 2 saturated heterocycles. The first-order valence-corrected chi connectivity index (χ1v) is 9.46. The Labute approximate surface area is 147 Å². The first-order chi connectivity index (χ1) is 11.4. The first-order valence-electron chi connectivity index (χ1n) is 9.46. The van der Waals surface area contributed by atoms with E-state index in [4.69, 9.17) is 9.97 Å². The van der Waals surface area contributed by atoms with Crippen LogP contribution in [0.4, 0.5) is 5.95 Å². The van der Waals surface area contributed by atoms with E-state index in [1.54, 1.807) is 0 Å². The van der Waals surface area contributed by atoms with Gasteiger partial charge in [-0.2, -0.15) is 0 Å². The maximum absolute atomic E-state index is 4.71. The lowest BCUT2D eigenvalue weighted by atomic mass is 10.1. The van der Waals surface area contributed by atoms with Crippen LogP contribution in [0.5, 0.6) is 0 Å². The Hall–Kier alpha value is -1.20. The smallest absolute Gasteiger partial charge is 0.225 e. The van der Waals surface area contributed by atoms with Crippen molar-refractivity contribution in [3.63, 3.8) is 0 Å². The SMILES string of the molecule is CC(C)CN(C)Cc1cnc(N2C3CCC2CN(C(C)C)C3)nc1. The number of nitrogens with zero attached hydrogens (tertiary/aromatic N) is 5. The minimum atomic E-state index is 0.584. The summed E-state index contributed by atoms with van der Waals surface area (Å²) in [4.78, 5) is 16.9. The molecule has 1 aromatic heterocycles. The minimum absolute atomic E-state index is 0.584. The zero-order chi connectivity index (χ0) is 17.3. The zero-order valence-corrected chi connectivity index (χ0v) is 15.9. The van der Waals surface area contributed by atoms with E-state index in [0.29, 0.717) is 24.0 Å². The average Bonchev–Trinajstić information content (AvgIpc) is 2.77. The lowest BCUT2D eigenvalue weighted by Gasteiger charge is -2.42. The molecule has 3 rings (SSSR count). The Morgan fingerprint density at radius 3 is 2.17 bits per heavy atom. The van der Waals surface area contributed by atoms with Crippen molar-refractivity contribution in [2.75, 3.05) is 31.6 Å². The van der Waals surface area contributed by atoms with Gasteiger partial charge in [0.25, 0.3) is 0 Å². The van der Waals surface area contributed by atoms with Crippen molar-refractivity contribution >= 4 is 5.95 Å². The van der Waals surface area contributed by atoms with Crippen LogP contribution in [0.15, 0.2) is 12.4 Å². The number of rotatable bonds is 6. The summed E-state index contributed by atoms with van der Waals surface area (Å²) in [6, 6.07) is 1.80. The van der Waals surface area contributed by atoms with E-state index in [1.807, 2.05) is 12.4 Å². The largest absolute Gasteiger partial charge is 0.332 e. The molecule has 2 unspecified atom stereocenters. The number of anilines is 1. The molecule has 0 amide bonds. The van der Waals surface area contributed by atoms with E-state index < -0.39 is 0 Å². The molecule has 0 N–H and O–H groups in total. The predicted molar refractivity (Wildman–Crippen MR) is 99.2 cm³/mol. The summed E-state index contributed by atoms with van der Waals surface area (Å²) in [7, 11) is 2.17. The Morgan fingerprint density at radius 1 is 1.08 bits per heavy atom. The second-order valence-electron chi connectivity index (χ2n) is 8.32. The number of likely N-dealkylation sites (tertiary alicyclic amines) is 1. The summed E-state index contributed by atoms with van der Waals surface area (Å²) < 4.78 is 0. The zero-order valence-electron chi connectivity index (χ0n) is 15.9. The molecule has 0 spiro atoms. The highest BCUT2D eigenvalue weighted by atomic mass is 15.4. The van der Waals surface area contributed by atoms with E-state index in [0.717, 1.165) is 32.1 Å². The standard InChI is InChI=1S/C19H33N5/c1-14(2)10-22(5)11-16-8-20-19(21-9-16)24-17-6-7-18(24)13-23(12-17)15(3)4/h8-9,14-15,17-18H,6-7,10-13H2,1-5H3. The van der Waals surface area contributed by atoms with Crippen LogP contribution < -0.4 is 4.90 Å². The second-order valence-corrected chi connectivity index (χ2v) is 8.32. The van der Waals surface area contributed by atoms with Crippen molar-refractivity contribution in [3.8, 4) is 0 Å². The van der Waals surface area contributed by atoms with Gasteiger partial charge in [-0.15, -0.1) is 0 Å². The van der Waals surface area contributed by atoms with Gasteiger partial charge in [0.05, 0.1) is 0 Å². The Bertz CT molecular complexity index is 513. The summed E-state index contributed by atoms with van der Waals surface area (Å²) in [5.74, 6) is 1.62. The van der Waals surface area contributed by atoms with Crippen LogP contribution in [-0.2, 0) is 6.54 Å². The van der Waals surface area contributed by atoms with Gasteiger partial charge in [-0.25, -0.2) is 9.97 Å². The van der Waals surface area contributed by atoms with Gasteiger partial charge in [-0.1, -0.05) is 13.8 Å². The molecular formula is C19H33N5. The number of hydrogen-bond acceptors (Lipinski definition) is 5. The predicted octanol–water partition coefficient (Wildman–Crippen LogP) is 2.63. The van der Waals surface area contributed by atoms with Gasteiger partial charge in [-0.3, -0.25) is 4.90 Å². The average molecular weight is 332 g/mol. The minimum Gasteiger partial charge on any atom is -0.332 e. The number of hydrogen-bond donors (Lipinski definition) is 0.